The van der Waals surface area contributed by atoms with Crippen LogP contribution in [0.3, 0.4) is 0 Å². The zero-order valence-electron chi connectivity index (χ0n) is 16.0. The van der Waals surface area contributed by atoms with E-state index in [4.69, 9.17) is 11.6 Å². The molecule has 0 saturated carbocycles. The van der Waals surface area contributed by atoms with Gasteiger partial charge < -0.3 is 15.7 Å². The summed E-state index contributed by atoms with van der Waals surface area (Å²) in [6.07, 6.45) is -0.0232. The van der Waals surface area contributed by atoms with Crippen molar-refractivity contribution < 1.29 is 23.9 Å². The number of halogens is 2. The third-order valence-electron chi connectivity index (χ3n) is 4.32. The van der Waals surface area contributed by atoms with E-state index in [0.29, 0.717) is 5.56 Å². The van der Waals surface area contributed by atoms with Crippen LogP contribution < -0.4 is 10.6 Å². The Morgan fingerprint density at radius 3 is 2.21 bits per heavy atom. The average Bonchev–Trinajstić information content (AvgIpc) is 2.66. The fourth-order valence-corrected chi connectivity index (χ4v) is 2.94. The molecule has 0 radical (unpaired) electrons. The fourth-order valence-electron chi connectivity index (χ4n) is 2.72. The lowest BCUT2D eigenvalue weighted by Crippen LogP contribution is -2.54. The Morgan fingerprint density at radius 2 is 1.66 bits per heavy atom. The third-order valence-corrected chi connectivity index (χ3v) is 4.65. The summed E-state index contributed by atoms with van der Waals surface area (Å²) >= 11 is 6.02. The summed E-state index contributed by atoms with van der Waals surface area (Å²) < 4.78 is 13.0. The second kappa shape index (κ2) is 10.0. The summed E-state index contributed by atoms with van der Waals surface area (Å²) in [5, 5.41) is 14.8. The van der Waals surface area contributed by atoms with Crippen LogP contribution in [0.2, 0.25) is 5.02 Å². The molecule has 29 heavy (non-hydrogen) atoms. The van der Waals surface area contributed by atoms with Crippen molar-refractivity contribution in [3.05, 3.63) is 70.5 Å². The predicted octanol–water partition coefficient (Wildman–Crippen LogP) is 3.05. The van der Waals surface area contributed by atoms with Crippen LogP contribution in [0.15, 0.2) is 48.5 Å². The molecule has 8 heteroatoms. The third kappa shape index (κ3) is 6.29. The molecular weight excluding hydrogens is 399 g/mol. The van der Waals surface area contributed by atoms with E-state index in [1.165, 1.54) is 30.3 Å². The molecule has 154 valence electrons. The first-order valence-electron chi connectivity index (χ1n) is 9.02. The minimum Gasteiger partial charge on any atom is -0.480 e. The van der Waals surface area contributed by atoms with Gasteiger partial charge in [-0.2, -0.15) is 0 Å². The van der Waals surface area contributed by atoms with E-state index in [9.17, 15) is 23.9 Å². The van der Waals surface area contributed by atoms with Gasteiger partial charge in [-0.05, 0) is 35.7 Å². The number of carbonyl (C=O) groups excluding carboxylic acids is 2. The minimum atomic E-state index is -1.23. The van der Waals surface area contributed by atoms with Gasteiger partial charge in [0.2, 0.25) is 5.91 Å². The predicted molar refractivity (Wildman–Crippen MR) is 107 cm³/mol. The quantitative estimate of drug-likeness (QED) is 0.611. The monoisotopic (exact) mass is 420 g/mol. The Kier molecular flexibility index (Phi) is 7.73. The van der Waals surface area contributed by atoms with Gasteiger partial charge >= 0.3 is 5.97 Å². The molecular formula is C21H22ClFN2O4. The van der Waals surface area contributed by atoms with E-state index in [1.54, 1.807) is 32.0 Å². The molecule has 3 N–H and O–H groups in total. The molecule has 0 heterocycles. The van der Waals surface area contributed by atoms with Crippen molar-refractivity contribution in [2.75, 3.05) is 0 Å². The van der Waals surface area contributed by atoms with E-state index >= 15 is 0 Å². The second-order valence-corrected chi connectivity index (χ2v) is 7.31. The Bertz CT molecular complexity index is 887. The number of carboxylic acids is 1. The molecule has 2 aromatic carbocycles. The topological polar surface area (TPSA) is 95.5 Å². The SMILES string of the molecule is CC(C)C(NC(=O)c1ccccc1Cl)C(=O)NC(Cc1ccc(F)cc1)C(=O)O. The van der Waals surface area contributed by atoms with Gasteiger partial charge in [0.15, 0.2) is 0 Å². The van der Waals surface area contributed by atoms with Crippen molar-refractivity contribution >= 4 is 29.4 Å². The summed E-state index contributed by atoms with van der Waals surface area (Å²) in [4.78, 5) is 36.8. The Hall–Kier alpha value is -2.93. The summed E-state index contributed by atoms with van der Waals surface area (Å²) in [6.45, 7) is 3.46. The molecule has 6 nitrogen and oxygen atoms in total. The smallest absolute Gasteiger partial charge is 0.326 e. The molecule has 0 spiro atoms. The van der Waals surface area contributed by atoms with Crippen molar-refractivity contribution in [3.63, 3.8) is 0 Å². The highest BCUT2D eigenvalue weighted by atomic mass is 35.5. The van der Waals surface area contributed by atoms with Crippen LogP contribution in [-0.2, 0) is 16.0 Å². The molecule has 2 atom stereocenters. The van der Waals surface area contributed by atoms with Gasteiger partial charge in [0.1, 0.15) is 17.9 Å². The second-order valence-electron chi connectivity index (χ2n) is 6.90. The number of hydrogen-bond donors (Lipinski definition) is 3. The lowest BCUT2D eigenvalue weighted by atomic mass is 10.0. The van der Waals surface area contributed by atoms with Crippen LogP contribution in [0.1, 0.15) is 29.8 Å². The van der Waals surface area contributed by atoms with Crippen LogP contribution in [0.5, 0.6) is 0 Å². The minimum absolute atomic E-state index is 0.0232. The van der Waals surface area contributed by atoms with Crippen molar-refractivity contribution in [1.29, 1.82) is 0 Å². The van der Waals surface area contributed by atoms with Gasteiger partial charge in [0.05, 0.1) is 10.6 Å². The fraction of sp³-hybridized carbons (Fsp3) is 0.286. The zero-order valence-corrected chi connectivity index (χ0v) is 16.7. The maximum atomic E-state index is 13.0. The first-order valence-corrected chi connectivity index (χ1v) is 9.40. The van der Waals surface area contributed by atoms with Gasteiger partial charge in [-0.15, -0.1) is 0 Å². The van der Waals surface area contributed by atoms with Crippen LogP contribution in [0.25, 0.3) is 0 Å². The number of hydrogen-bond acceptors (Lipinski definition) is 3. The van der Waals surface area contributed by atoms with Gasteiger partial charge in [-0.3, -0.25) is 9.59 Å². The van der Waals surface area contributed by atoms with Crippen molar-refractivity contribution in [2.24, 2.45) is 5.92 Å². The number of nitrogens with one attached hydrogen (secondary N) is 2. The van der Waals surface area contributed by atoms with Crippen LogP contribution in [0, 0.1) is 11.7 Å². The number of aliphatic carboxylic acids is 1. The first-order chi connectivity index (χ1) is 13.7. The summed E-state index contributed by atoms with van der Waals surface area (Å²) in [6, 6.07) is 9.57. The first kappa shape index (κ1) is 22.4. The Balaban J connectivity index is 2.12. The Labute approximate surface area is 173 Å². The molecule has 2 amide bonds. The molecule has 0 bridgehead atoms. The number of benzene rings is 2. The standard InChI is InChI=1S/C21H22ClFN2O4/c1-12(2)18(25-19(26)15-5-3-4-6-16(15)22)20(27)24-17(21(28)29)11-13-7-9-14(23)10-8-13/h3-10,12,17-18H,11H2,1-2H3,(H,24,27)(H,25,26)(H,28,29). The molecule has 2 rings (SSSR count). The number of carboxylic acid groups (broad SMARTS) is 1. The molecule has 0 aliphatic heterocycles. The lowest BCUT2D eigenvalue weighted by molar-refractivity contribution is -0.142. The van der Waals surface area contributed by atoms with Crippen molar-refractivity contribution in [3.8, 4) is 0 Å². The largest absolute Gasteiger partial charge is 0.480 e. The lowest BCUT2D eigenvalue weighted by Gasteiger charge is -2.24. The van der Waals surface area contributed by atoms with Crippen molar-refractivity contribution in [2.45, 2.75) is 32.4 Å². The molecule has 2 aromatic rings. The van der Waals surface area contributed by atoms with E-state index < -0.39 is 35.7 Å². The van der Waals surface area contributed by atoms with E-state index in [0.717, 1.165) is 0 Å². The normalized spacial score (nSPS) is 12.9. The summed E-state index contributed by atoms with van der Waals surface area (Å²) in [5.74, 6) is -3.14. The highest BCUT2D eigenvalue weighted by Crippen LogP contribution is 2.16. The Morgan fingerprint density at radius 1 is 1.03 bits per heavy atom. The average molecular weight is 421 g/mol. The molecule has 0 aliphatic carbocycles. The number of rotatable bonds is 8. The highest BCUT2D eigenvalue weighted by molar-refractivity contribution is 6.33. The zero-order chi connectivity index (χ0) is 21.6. The highest BCUT2D eigenvalue weighted by Gasteiger charge is 2.29. The molecule has 2 unspecified atom stereocenters. The maximum absolute atomic E-state index is 13.0. The molecule has 0 aliphatic rings. The molecule has 0 saturated heterocycles. The molecule has 0 fully saturated rings. The van der Waals surface area contributed by atoms with Gasteiger partial charge in [-0.25, -0.2) is 9.18 Å². The van der Waals surface area contributed by atoms with Crippen LogP contribution >= 0.6 is 11.6 Å². The van der Waals surface area contributed by atoms with E-state index in [2.05, 4.69) is 10.6 Å². The van der Waals surface area contributed by atoms with Crippen LogP contribution in [0.4, 0.5) is 4.39 Å². The number of amides is 2. The van der Waals surface area contributed by atoms with Gasteiger partial charge in [-0.1, -0.05) is 49.7 Å². The maximum Gasteiger partial charge on any atom is 0.326 e. The van der Waals surface area contributed by atoms with Gasteiger partial charge in [0, 0.05) is 6.42 Å². The van der Waals surface area contributed by atoms with E-state index in [-0.39, 0.29) is 22.9 Å². The van der Waals surface area contributed by atoms with Crippen LogP contribution in [-0.4, -0.2) is 35.0 Å². The van der Waals surface area contributed by atoms with E-state index in [1.807, 2.05) is 0 Å². The summed E-state index contributed by atoms with van der Waals surface area (Å²) in [5.41, 5.74) is 0.772. The number of carbonyl (C=O) groups is 3. The van der Waals surface area contributed by atoms with Gasteiger partial charge in [0.25, 0.3) is 5.91 Å². The van der Waals surface area contributed by atoms with Crippen molar-refractivity contribution in [1.82, 2.24) is 10.6 Å². The summed E-state index contributed by atoms with van der Waals surface area (Å²) in [7, 11) is 0. The molecule has 0 aromatic heterocycles.